The molecule has 0 aliphatic carbocycles. The number of hydrogen-bond acceptors (Lipinski definition) is 4. The second-order valence-electron chi connectivity index (χ2n) is 6.40. The molecule has 2 rings (SSSR count). The van der Waals surface area contributed by atoms with Gasteiger partial charge in [0.1, 0.15) is 0 Å². The molecule has 0 radical (unpaired) electrons. The predicted octanol–water partition coefficient (Wildman–Crippen LogP) is 2.77. The van der Waals surface area contributed by atoms with Gasteiger partial charge in [-0.05, 0) is 42.5 Å². The quantitative estimate of drug-likeness (QED) is 0.711. The smallest absolute Gasteiger partial charge is 0.275 e. The van der Waals surface area contributed by atoms with Gasteiger partial charge in [0.05, 0.1) is 12.1 Å². The van der Waals surface area contributed by atoms with Crippen molar-refractivity contribution in [2.24, 2.45) is 5.92 Å². The fourth-order valence-corrected chi connectivity index (χ4v) is 2.30. The molecule has 1 aliphatic heterocycles. The van der Waals surface area contributed by atoms with Crippen LogP contribution in [0.25, 0.3) is 0 Å². The van der Waals surface area contributed by atoms with Crippen LogP contribution in [0.1, 0.15) is 32.3 Å². The van der Waals surface area contributed by atoms with Crippen LogP contribution < -0.4 is 5.32 Å². The molecule has 2 amide bonds. The summed E-state index contributed by atoms with van der Waals surface area (Å²) in [6.45, 7) is 7.97. The Bertz CT molecular complexity index is 647. The van der Waals surface area contributed by atoms with Crippen molar-refractivity contribution in [3.05, 3.63) is 54.3 Å². The van der Waals surface area contributed by atoms with Gasteiger partial charge in [-0.3, -0.25) is 9.59 Å². The van der Waals surface area contributed by atoms with E-state index in [1.807, 2.05) is 24.3 Å². The van der Waals surface area contributed by atoms with Crippen LogP contribution in [0.3, 0.4) is 0 Å². The van der Waals surface area contributed by atoms with E-state index in [4.69, 9.17) is 4.84 Å². The van der Waals surface area contributed by atoms with Crippen LogP contribution in [0, 0.1) is 5.92 Å². The number of nitrogens with one attached hydrogen (secondary N) is 1. The number of carbonyl (C=O) groups is 2. The van der Waals surface area contributed by atoms with Crippen molar-refractivity contribution >= 4 is 17.5 Å². The minimum Gasteiger partial charge on any atom is -0.366 e. The van der Waals surface area contributed by atoms with Crippen LogP contribution >= 0.6 is 0 Å². The molecule has 1 aromatic carbocycles. The third kappa shape index (κ3) is 5.85. The summed E-state index contributed by atoms with van der Waals surface area (Å²) < 4.78 is 0. The van der Waals surface area contributed by atoms with E-state index in [9.17, 15) is 14.7 Å². The third-order valence-electron chi connectivity index (χ3n) is 3.71. The van der Waals surface area contributed by atoms with E-state index in [0.717, 1.165) is 17.9 Å². The van der Waals surface area contributed by atoms with Gasteiger partial charge in [0.2, 0.25) is 5.91 Å². The van der Waals surface area contributed by atoms with Crippen LogP contribution in [0.2, 0.25) is 0 Å². The number of aliphatic hydroxyl groups is 1. The number of allylic oxidation sites excluding steroid dienone is 1. The van der Waals surface area contributed by atoms with E-state index < -0.39 is 18.1 Å². The Hall–Kier alpha value is -2.44. The molecule has 1 unspecified atom stereocenters. The molecule has 0 bridgehead atoms. The number of anilines is 1. The van der Waals surface area contributed by atoms with E-state index >= 15 is 0 Å². The van der Waals surface area contributed by atoms with Crippen molar-refractivity contribution in [2.45, 2.75) is 39.4 Å². The average Bonchev–Trinajstić information content (AvgIpc) is 2.86. The van der Waals surface area contributed by atoms with Crippen molar-refractivity contribution in [3.63, 3.8) is 0 Å². The maximum Gasteiger partial charge on any atom is 0.275 e. The van der Waals surface area contributed by atoms with Crippen LogP contribution in [0.4, 0.5) is 5.69 Å². The number of hydrogen-bond donors (Lipinski definition) is 2. The van der Waals surface area contributed by atoms with Gasteiger partial charge in [0.15, 0.2) is 6.29 Å². The number of amides is 2. The summed E-state index contributed by atoms with van der Waals surface area (Å²) in [4.78, 5) is 28.5. The number of benzene rings is 1. The minimum absolute atomic E-state index is 0.299. The Morgan fingerprint density at radius 3 is 2.52 bits per heavy atom. The van der Waals surface area contributed by atoms with Gasteiger partial charge in [-0.15, -0.1) is 0 Å². The third-order valence-corrected chi connectivity index (χ3v) is 3.71. The zero-order valence-electron chi connectivity index (χ0n) is 14.6. The van der Waals surface area contributed by atoms with E-state index in [1.165, 1.54) is 17.7 Å². The summed E-state index contributed by atoms with van der Waals surface area (Å²) in [6, 6.07) is 7.61. The maximum atomic E-state index is 12.0. The zero-order valence-corrected chi connectivity index (χ0v) is 14.6. The Labute approximate surface area is 147 Å². The molecule has 0 spiro atoms. The monoisotopic (exact) mass is 344 g/mol. The number of rotatable bonds is 8. The van der Waals surface area contributed by atoms with Gasteiger partial charge < -0.3 is 10.4 Å². The first-order valence-corrected chi connectivity index (χ1v) is 8.30. The lowest BCUT2D eigenvalue weighted by atomic mass is 10.0. The van der Waals surface area contributed by atoms with E-state index in [2.05, 4.69) is 25.7 Å². The number of aliphatic hydroxyl groups excluding tert-OH is 1. The zero-order chi connectivity index (χ0) is 18.4. The highest BCUT2D eigenvalue weighted by Crippen LogP contribution is 2.17. The highest BCUT2D eigenvalue weighted by molar-refractivity contribution is 5.92. The first-order chi connectivity index (χ1) is 11.8. The molecule has 0 saturated carbocycles. The SMILES string of the molecule is C=C1C=CC(=O)N1OC(O)CC(=O)Nc1ccc(CCC(C)C)cc1. The van der Waals surface area contributed by atoms with Crippen molar-refractivity contribution in [2.75, 3.05) is 5.32 Å². The minimum atomic E-state index is -1.44. The summed E-state index contributed by atoms with van der Waals surface area (Å²) in [5.41, 5.74) is 2.17. The number of hydroxylamine groups is 2. The van der Waals surface area contributed by atoms with Crippen molar-refractivity contribution in [3.8, 4) is 0 Å². The molecule has 6 nitrogen and oxygen atoms in total. The van der Waals surface area contributed by atoms with Crippen molar-refractivity contribution in [1.29, 1.82) is 0 Å². The van der Waals surface area contributed by atoms with Crippen LogP contribution in [0.15, 0.2) is 48.7 Å². The second-order valence-corrected chi connectivity index (χ2v) is 6.40. The molecule has 1 aromatic rings. The summed E-state index contributed by atoms with van der Waals surface area (Å²) in [5, 5.41) is 13.4. The van der Waals surface area contributed by atoms with Crippen LogP contribution in [-0.2, 0) is 20.8 Å². The molecule has 25 heavy (non-hydrogen) atoms. The Morgan fingerprint density at radius 2 is 1.96 bits per heavy atom. The Morgan fingerprint density at radius 1 is 1.28 bits per heavy atom. The standard InChI is InChI=1S/C19H24N2O4/c1-13(2)4-6-15-7-9-16(10-8-15)20-17(22)12-19(24)25-21-14(3)5-11-18(21)23/h5,7-11,13,19,24H,3-4,6,12H2,1-2H3,(H,20,22). The molecule has 2 N–H and O–H groups in total. The molecule has 1 heterocycles. The molecule has 0 fully saturated rings. The fraction of sp³-hybridized carbons (Fsp3) is 0.368. The normalized spacial score (nSPS) is 15.1. The van der Waals surface area contributed by atoms with Crippen LogP contribution in [-0.4, -0.2) is 28.3 Å². The number of nitrogens with zero attached hydrogens (tertiary/aromatic N) is 1. The highest BCUT2D eigenvalue weighted by atomic mass is 16.8. The highest BCUT2D eigenvalue weighted by Gasteiger charge is 2.24. The molecular formula is C19H24N2O4. The summed E-state index contributed by atoms with van der Waals surface area (Å²) in [6.07, 6.45) is 3.12. The van der Waals surface area contributed by atoms with Gasteiger partial charge >= 0.3 is 0 Å². The first kappa shape index (κ1) is 18.9. The molecule has 1 atom stereocenters. The van der Waals surface area contributed by atoms with Gasteiger partial charge in [-0.1, -0.05) is 32.6 Å². The van der Waals surface area contributed by atoms with E-state index in [0.29, 0.717) is 17.3 Å². The largest absolute Gasteiger partial charge is 0.366 e. The lowest BCUT2D eigenvalue weighted by molar-refractivity contribution is -0.235. The Balaban J connectivity index is 1.79. The summed E-state index contributed by atoms with van der Waals surface area (Å²) in [5.74, 6) is -0.205. The van der Waals surface area contributed by atoms with Crippen molar-refractivity contribution < 1.29 is 19.5 Å². The predicted molar refractivity (Wildman–Crippen MR) is 95.1 cm³/mol. The molecule has 6 heteroatoms. The average molecular weight is 344 g/mol. The fourth-order valence-electron chi connectivity index (χ4n) is 2.30. The van der Waals surface area contributed by atoms with Crippen molar-refractivity contribution in [1.82, 2.24) is 5.06 Å². The van der Waals surface area contributed by atoms with Crippen LogP contribution in [0.5, 0.6) is 0 Å². The van der Waals surface area contributed by atoms with E-state index in [-0.39, 0.29) is 6.42 Å². The molecule has 1 aliphatic rings. The number of carbonyl (C=O) groups excluding carboxylic acids is 2. The van der Waals surface area contributed by atoms with Gasteiger partial charge in [-0.2, -0.15) is 5.06 Å². The van der Waals surface area contributed by atoms with Gasteiger partial charge in [0.25, 0.3) is 5.91 Å². The van der Waals surface area contributed by atoms with Gasteiger partial charge in [0, 0.05) is 11.8 Å². The molecular weight excluding hydrogens is 320 g/mol. The van der Waals surface area contributed by atoms with E-state index in [1.54, 1.807) is 0 Å². The lowest BCUT2D eigenvalue weighted by Gasteiger charge is -2.20. The topological polar surface area (TPSA) is 78.9 Å². The number of aryl methyl sites for hydroxylation is 1. The summed E-state index contributed by atoms with van der Waals surface area (Å²) >= 11 is 0. The first-order valence-electron chi connectivity index (χ1n) is 8.30. The molecule has 0 aromatic heterocycles. The summed E-state index contributed by atoms with van der Waals surface area (Å²) in [7, 11) is 0. The molecule has 0 saturated heterocycles. The lowest BCUT2D eigenvalue weighted by Crippen LogP contribution is -2.32. The Kier molecular flexibility index (Phi) is 6.50. The maximum absolute atomic E-state index is 12.0. The second kappa shape index (κ2) is 8.60. The van der Waals surface area contributed by atoms with Gasteiger partial charge in [-0.25, -0.2) is 4.84 Å². The molecule has 134 valence electrons.